The molecule has 2 aliphatic heterocycles. The minimum absolute atomic E-state index is 0.148. The van der Waals surface area contributed by atoms with Crippen molar-refractivity contribution in [2.75, 3.05) is 12.1 Å². The Morgan fingerprint density at radius 2 is 1.43 bits per heavy atom. The number of aromatic nitrogens is 4. The van der Waals surface area contributed by atoms with Gasteiger partial charge < -0.3 is 14.8 Å². The van der Waals surface area contributed by atoms with Crippen molar-refractivity contribution in [2.24, 2.45) is 0 Å². The number of ether oxygens (including phenoxy) is 2. The SMILES string of the molecule is CC.CC.CC.c1ccc(C2c3cc(C4(c5ccccc5)OCO4)ccc3Nc3nnnn32)cc1. The number of nitrogens with zero attached hydrogens (tertiary/aromatic N) is 4. The minimum Gasteiger partial charge on any atom is -0.323 e. The maximum Gasteiger partial charge on any atom is 0.248 e. The van der Waals surface area contributed by atoms with Crippen LogP contribution in [0.3, 0.4) is 0 Å². The number of anilines is 2. The van der Waals surface area contributed by atoms with Crippen molar-refractivity contribution in [3.63, 3.8) is 0 Å². The van der Waals surface area contributed by atoms with Gasteiger partial charge in [0.1, 0.15) is 6.04 Å². The van der Waals surface area contributed by atoms with Gasteiger partial charge in [-0.15, -0.1) is 0 Å². The third-order valence-electron chi connectivity index (χ3n) is 5.50. The second kappa shape index (κ2) is 12.2. The van der Waals surface area contributed by atoms with Crippen LogP contribution in [0.1, 0.15) is 69.8 Å². The van der Waals surface area contributed by atoms with Crippen LogP contribution >= 0.6 is 0 Å². The van der Waals surface area contributed by atoms with Gasteiger partial charge in [-0.25, -0.2) is 0 Å². The monoisotopic (exact) mass is 473 g/mol. The van der Waals surface area contributed by atoms with Gasteiger partial charge in [-0.3, -0.25) is 0 Å². The Bertz CT molecular complexity index is 1170. The predicted octanol–water partition coefficient (Wildman–Crippen LogP) is 6.65. The number of nitrogens with one attached hydrogen (secondary N) is 1. The summed E-state index contributed by atoms with van der Waals surface area (Å²) in [7, 11) is 0. The van der Waals surface area contributed by atoms with E-state index in [9.17, 15) is 0 Å². The second-order valence-corrected chi connectivity index (χ2v) is 7.08. The molecule has 6 rings (SSSR count). The van der Waals surface area contributed by atoms with Crippen LogP contribution in [0.4, 0.5) is 11.6 Å². The molecule has 0 saturated carbocycles. The summed E-state index contributed by atoms with van der Waals surface area (Å²) in [4.78, 5) is 0. The third kappa shape index (κ3) is 4.83. The van der Waals surface area contributed by atoms with Gasteiger partial charge in [0.05, 0.1) is 0 Å². The largest absolute Gasteiger partial charge is 0.323 e. The molecule has 0 radical (unpaired) electrons. The average Bonchev–Trinajstić information content (AvgIpc) is 3.39. The fourth-order valence-electron chi connectivity index (χ4n) is 4.10. The van der Waals surface area contributed by atoms with Crippen LogP contribution in [0.5, 0.6) is 0 Å². The maximum atomic E-state index is 5.99. The Balaban J connectivity index is 0.000000533. The molecule has 7 heteroatoms. The summed E-state index contributed by atoms with van der Waals surface area (Å²) in [5, 5.41) is 15.5. The van der Waals surface area contributed by atoms with E-state index < -0.39 is 5.79 Å². The molecule has 1 unspecified atom stereocenters. The highest BCUT2D eigenvalue weighted by Gasteiger charge is 2.44. The highest BCUT2D eigenvalue weighted by Crippen LogP contribution is 2.45. The molecule has 1 saturated heterocycles. The van der Waals surface area contributed by atoms with E-state index in [1.165, 1.54) is 0 Å². The normalized spacial score (nSPS) is 16.1. The summed E-state index contributed by atoms with van der Waals surface area (Å²) >= 11 is 0. The minimum atomic E-state index is -0.890. The quantitative estimate of drug-likeness (QED) is 0.316. The van der Waals surface area contributed by atoms with Crippen molar-refractivity contribution in [1.29, 1.82) is 0 Å². The number of fused-ring (bicyclic) bond motifs is 2. The van der Waals surface area contributed by atoms with E-state index in [-0.39, 0.29) is 12.8 Å². The van der Waals surface area contributed by atoms with Gasteiger partial charge in [-0.05, 0) is 28.1 Å². The maximum absolute atomic E-state index is 5.99. The number of hydrogen-bond donors (Lipinski definition) is 1. The molecule has 184 valence electrons. The summed E-state index contributed by atoms with van der Waals surface area (Å²) in [6.45, 7) is 12.3. The van der Waals surface area contributed by atoms with E-state index in [1.807, 2.05) is 102 Å². The van der Waals surface area contributed by atoms with Gasteiger partial charge in [0.25, 0.3) is 0 Å². The van der Waals surface area contributed by atoms with Crippen molar-refractivity contribution in [3.05, 3.63) is 101 Å². The van der Waals surface area contributed by atoms with E-state index in [4.69, 9.17) is 9.47 Å². The standard InChI is InChI=1S/C22H17N5O2.3C2H6/c1-3-7-15(8-4-1)20-18-13-17(11-12-19(18)23-21-24-25-26-27(20)21)22(28-14-29-22)16-9-5-2-6-10-16;3*1-2/h1-13,20H,14H2,(H,23,24,26);3*1-2H3. The van der Waals surface area contributed by atoms with E-state index in [0.29, 0.717) is 5.95 Å². The first-order valence-electron chi connectivity index (χ1n) is 12.4. The Morgan fingerprint density at radius 1 is 0.800 bits per heavy atom. The fourth-order valence-corrected chi connectivity index (χ4v) is 4.10. The molecule has 3 aromatic carbocycles. The van der Waals surface area contributed by atoms with Crippen LogP contribution in [0.2, 0.25) is 0 Å². The van der Waals surface area contributed by atoms with Crippen molar-refractivity contribution >= 4 is 11.6 Å². The van der Waals surface area contributed by atoms with E-state index in [2.05, 4.69) is 39.0 Å². The van der Waals surface area contributed by atoms with Crippen LogP contribution in [0, 0.1) is 0 Å². The molecular weight excluding hydrogens is 438 g/mol. The van der Waals surface area contributed by atoms with Crippen LogP contribution in [-0.2, 0) is 15.3 Å². The summed E-state index contributed by atoms with van der Waals surface area (Å²) < 4.78 is 13.8. The smallest absolute Gasteiger partial charge is 0.248 e. The molecule has 1 N–H and O–H groups in total. The molecule has 1 fully saturated rings. The summed E-state index contributed by atoms with van der Waals surface area (Å²) in [6, 6.07) is 26.3. The number of benzene rings is 3. The number of tetrazole rings is 1. The van der Waals surface area contributed by atoms with Gasteiger partial charge in [-0.1, -0.05) is 113 Å². The molecule has 7 nitrogen and oxygen atoms in total. The lowest BCUT2D eigenvalue weighted by Crippen LogP contribution is -2.45. The molecule has 35 heavy (non-hydrogen) atoms. The Labute approximate surface area is 208 Å². The molecule has 1 aromatic heterocycles. The molecule has 0 bridgehead atoms. The van der Waals surface area contributed by atoms with Crippen molar-refractivity contribution in [2.45, 2.75) is 53.4 Å². The van der Waals surface area contributed by atoms with E-state index in [0.717, 1.165) is 27.9 Å². The molecule has 0 aliphatic carbocycles. The molecule has 4 aromatic rings. The van der Waals surface area contributed by atoms with Crippen LogP contribution in [-0.4, -0.2) is 27.0 Å². The highest BCUT2D eigenvalue weighted by molar-refractivity contribution is 5.66. The van der Waals surface area contributed by atoms with Crippen LogP contribution in [0.15, 0.2) is 78.9 Å². The lowest BCUT2D eigenvalue weighted by Gasteiger charge is -2.42. The Morgan fingerprint density at radius 3 is 2.03 bits per heavy atom. The van der Waals surface area contributed by atoms with Crippen LogP contribution in [0.25, 0.3) is 0 Å². The number of hydrogen-bond acceptors (Lipinski definition) is 6. The Kier molecular flexibility index (Phi) is 9.11. The predicted molar refractivity (Wildman–Crippen MR) is 140 cm³/mol. The van der Waals surface area contributed by atoms with Gasteiger partial charge in [0.15, 0.2) is 6.79 Å². The zero-order chi connectivity index (χ0) is 25.3. The summed E-state index contributed by atoms with van der Waals surface area (Å²) in [5.74, 6) is -0.272. The molecule has 0 spiro atoms. The first kappa shape index (κ1) is 26.1. The molecule has 3 heterocycles. The highest BCUT2D eigenvalue weighted by atomic mass is 16.9. The third-order valence-corrected chi connectivity index (χ3v) is 5.50. The first-order chi connectivity index (χ1) is 17.4. The van der Waals surface area contributed by atoms with E-state index in [1.54, 1.807) is 4.68 Å². The summed E-state index contributed by atoms with van der Waals surface area (Å²) in [6.07, 6.45) is 0. The van der Waals surface area contributed by atoms with E-state index >= 15 is 0 Å². The lowest BCUT2D eigenvalue weighted by atomic mass is 9.89. The molecule has 0 amide bonds. The zero-order valence-corrected chi connectivity index (χ0v) is 21.4. The Hall–Kier alpha value is -3.55. The lowest BCUT2D eigenvalue weighted by molar-refractivity contribution is -0.386. The average molecular weight is 474 g/mol. The molecular formula is C28H35N5O2. The van der Waals surface area contributed by atoms with Gasteiger partial charge in [0, 0.05) is 22.4 Å². The number of rotatable bonds is 3. The van der Waals surface area contributed by atoms with Crippen molar-refractivity contribution < 1.29 is 9.47 Å². The van der Waals surface area contributed by atoms with Gasteiger partial charge in [0.2, 0.25) is 11.7 Å². The van der Waals surface area contributed by atoms with Gasteiger partial charge in [-0.2, -0.15) is 4.68 Å². The molecule has 2 aliphatic rings. The summed E-state index contributed by atoms with van der Waals surface area (Å²) in [5.41, 5.74) is 5.03. The second-order valence-electron chi connectivity index (χ2n) is 7.08. The topological polar surface area (TPSA) is 74.1 Å². The van der Waals surface area contributed by atoms with Gasteiger partial charge >= 0.3 is 0 Å². The fraction of sp³-hybridized carbons (Fsp3) is 0.321. The van der Waals surface area contributed by atoms with Crippen molar-refractivity contribution in [3.8, 4) is 0 Å². The van der Waals surface area contributed by atoms with Crippen LogP contribution < -0.4 is 5.32 Å². The zero-order valence-electron chi connectivity index (χ0n) is 21.4. The molecule has 1 atom stereocenters. The first-order valence-corrected chi connectivity index (χ1v) is 12.4. The van der Waals surface area contributed by atoms with Crippen molar-refractivity contribution in [1.82, 2.24) is 20.2 Å².